The van der Waals surface area contributed by atoms with E-state index in [9.17, 15) is 18.0 Å². The Bertz CT molecular complexity index is 1230. The molecule has 0 heterocycles. The van der Waals surface area contributed by atoms with Crippen molar-refractivity contribution < 1.29 is 22.7 Å². The second kappa shape index (κ2) is 10.8. The van der Waals surface area contributed by atoms with Gasteiger partial charge in [-0.05, 0) is 67.6 Å². The molecule has 0 aliphatic rings. The SMILES string of the molecule is CCN(c1ccccc1)S(=O)(=O)c1ccc(C(=O)Nc2ccc(OCC(=O)N(C)C)cc2)cc1. The third kappa shape index (κ3) is 5.93. The van der Waals surface area contributed by atoms with Crippen molar-refractivity contribution in [3.63, 3.8) is 0 Å². The van der Waals surface area contributed by atoms with Crippen LogP contribution >= 0.6 is 0 Å². The summed E-state index contributed by atoms with van der Waals surface area (Å²) < 4.78 is 32.9. The van der Waals surface area contributed by atoms with Crippen LogP contribution in [0.1, 0.15) is 17.3 Å². The molecule has 0 aliphatic carbocycles. The van der Waals surface area contributed by atoms with Crippen molar-refractivity contribution in [3.05, 3.63) is 84.4 Å². The van der Waals surface area contributed by atoms with E-state index in [4.69, 9.17) is 4.74 Å². The minimum atomic E-state index is -3.77. The third-order valence-electron chi connectivity index (χ3n) is 5.01. The van der Waals surface area contributed by atoms with Crippen molar-refractivity contribution in [1.29, 1.82) is 0 Å². The second-order valence-corrected chi connectivity index (χ2v) is 9.45. The standard InChI is InChI=1S/C25H27N3O5S/c1-4-28(21-8-6-5-7-9-21)34(31,32)23-16-10-19(11-17-23)25(30)26-20-12-14-22(15-13-20)33-18-24(29)27(2)3/h5-17H,4,18H2,1-3H3,(H,26,30). The number of rotatable bonds is 9. The zero-order valence-corrected chi connectivity index (χ0v) is 20.1. The van der Waals surface area contributed by atoms with Gasteiger partial charge in [-0.1, -0.05) is 18.2 Å². The number of para-hydroxylation sites is 1. The summed E-state index contributed by atoms with van der Waals surface area (Å²) in [6.07, 6.45) is 0. The third-order valence-corrected chi connectivity index (χ3v) is 6.93. The summed E-state index contributed by atoms with van der Waals surface area (Å²) in [6, 6.07) is 21.3. The Morgan fingerprint density at radius 2 is 1.50 bits per heavy atom. The molecule has 3 aromatic rings. The van der Waals surface area contributed by atoms with Gasteiger partial charge in [-0.2, -0.15) is 0 Å². The van der Waals surface area contributed by atoms with Crippen LogP contribution in [0.5, 0.6) is 5.75 Å². The summed E-state index contributed by atoms with van der Waals surface area (Å²) in [5, 5.41) is 2.76. The lowest BCUT2D eigenvalue weighted by Crippen LogP contribution is -2.30. The van der Waals surface area contributed by atoms with Crippen LogP contribution in [0.4, 0.5) is 11.4 Å². The van der Waals surface area contributed by atoms with Gasteiger partial charge in [0, 0.05) is 31.9 Å². The molecule has 8 nitrogen and oxygen atoms in total. The molecule has 0 fully saturated rings. The van der Waals surface area contributed by atoms with Gasteiger partial charge in [0.15, 0.2) is 6.61 Å². The minimum Gasteiger partial charge on any atom is -0.484 e. The molecule has 0 atom stereocenters. The average molecular weight is 482 g/mol. The van der Waals surface area contributed by atoms with E-state index >= 15 is 0 Å². The highest BCUT2D eigenvalue weighted by Crippen LogP contribution is 2.24. The number of hydrogen-bond donors (Lipinski definition) is 1. The number of ether oxygens (including phenoxy) is 1. The number of likely N-dealkylation sites (N-methyl/N-ethyl adjacent to an activating group) is 1. The molecule has 0 radical (unpaired) electrons. The average Bonchev–Trinajstić information content (AvgIpc) is 2.84. The highest BCUT2D eigenvalue weighted by molar-refractivity contribution is 7.92. The summed E-state index contributed by atoms with van der Waals surface area (Å²) in [6.45, 7) is 1.97. The molecule has 0 aromatic heterocycles. The molecule has 0 spiro atoms. The molecule has 3 rings (SSSR count). The number of amides is 2. The Kier molecular flexibility index (Phi) is 7.91. The summed E-state index contributed by atoms with van der Waals surface area (Å²) in [7, 11) is -0.470. The van der Waals surface area contributed by atoms with Crippen LogP contribution < -0.4 is 14.4 Å². The number of carbonyl (C=O) groups excluding carboxylic acids is 2. The number of sulfonamides is 1. The molecule has 0 saturated heterocycles. The highest BCUT2D eigenvalue weighted by Gasteiger charge is 2.23. The number of carbonyl (C=O) groups is 2. The monoisotopic (exact) mass is 481 g/mol. The Hall–Kier alpha value is -3.85. The van der Waals surface area contributed by atoms with Crippen molar-refractivity contribution in [3.8, 4) is 5.75 Å². The molecule has 0 aliphatic heterocycles. The summed E-state index contributed by atoms with van der Waals surface area (Å²) in [5.41, 5.74) is 1.43. The number of anilines is 2. The maximum absolute atomic E-state index is 13.1. The van der Waals surface area contributed by atoms with E-state index in [2.05, 4.69) is 5.32 Å². The van der Waals surface area contributed by atoms with E-state index < -0.39 is 10.0 Å². The predicted molar refractivity (Wildman–Crippen MR) is 132 cm³/mol. The number of benzene rings is 3. The van der Waals surface area contributed by atoms with Gasteiger partial charge in [-0.3, -0.25) is 13.9 Å². The molecule has 3 aromatic carbocycles. The van der Waals surface area contributed by atoms with E-state index in [0.29, 0.717) is 22.7 Å². The van der Waals surface area contributed by atoms with Crippen molar-refractivity contribution in [2.24, 2.45) is 0 Å². The van der Waals surface area contributed by atoms with Gasteiger partial charge in [0.05, 0.1) is 10.6 Å². The molecule has 34 heavy (non-hydrogen) atoms. The van der Waals surface area contributed by atoms with Crippen LogP contribution in [0.25, 0.3) is 0 Å². The van der Waals surface area contributed by atoms with E-state index in [0.717, 1.165) is 0 Å². The first-order valence-electron chi connectivity index (χ1n) is 10.6. The second-order valence-electron chi connectivity index (χ2n) is 7.59. The predicted octanol–water partition coefficient (Wildman–Crippen LogP) is 3.62. The molecule has 0 saturated carbocycles. The van der Waals surface area contributed by atoms with Gasteiger partial charge < -0.3 is 15.0 Å². The van der Waals surface area contributed by atoms with Crippen LogP contribution in [0.15, 0.2) is 83.8 Å². The minimum absolute atomic E-state index is 0.0757. The molecule has 0 unspecified atom stereocenters. The van der Waals surface area contributed by atoms with Gasteiger partial charge in [-0.25, -0.2) is 8.42 Å². The molecular formula is C25H27N3O5S. The van der Waals surface area contributed by atoms with Crippen molar-refractivity contribution in [2.75, 3.05) is 36.9 Å². The van der Waals surface area contributed by atoms with Gasteiger partial charge in [0.1, 0.15) is 5.75 Å². The number of nitrogens with zero attached hydrogens (tertiary/aromatic N) is 2. The van der Waals surface area contributed by atoms with Gasteiger partial charge in [0.25, 0.3) is 21.8 Å². The lowest BCUT2D eigenvalue weighted by molar-refractivity contribution is -0.130. The summed E-state index contributed by atoms with van der Waals surface area (Å²) in [5.74, 6) is -0.0360. The van der Waals surface area contributed by atoms with Crippen molar-refractivity contribution in [1.82, 2.24) is 4.90 Å². The molecule has 9 heteroatoms. The lowest BCUT2D eigenvalue weighted by atomic mass is 10.2. The first kappa shape index (κ1) is 24.8. The fourth-order valence-electron chi connectivity index (χ4n) is 3.10. The van der Waals surface area contributed by atoms with Gasteiger partial charge in [-0.15, -0.1) is 0 Å². The molecular weight excluding hydrogens is 454 g/mol. The van der Waals surface area contributed by atoms with Crippen molar-refractivity contribution in [2.45, 2.75) is 11.8 Å². The number of hydrogen-bond acceptors (Lipinski definition) is 5. The molecule has 2 amide bonds. The van der Waals surface area contributed by atoms with Crippen LogP contribution in [-0.2, 0) is 14.8 Å². The van der Waals surface area contributed by atoms with Crippen LogP contribution in [-0.4, -0.2) is 52.4 Å². The van der Waals surface area contributed by atoms with Crippen molar-refractivity contribution >= 4 is 33.2 Å². The smallest absolute Gasteiger partial charge is 0.264 e. The summed E-state index contributed by atoms with van der Waals surface area (Å²) >= 11 is 0. The molecule has 178 valence electrons. The van der Waals surface area contributed by atoms with Gasteiger partial charge in [0.2, 0.25) is 0 Å². The Morgan fingerprint density at radius 1 is 0.882 bits per heavy atom. The molecule has 0 bridgehead atoms. The Balaban J connectivity index is 1.66. The zero-order valence-electron chi connectivity index (χ0n) is 19.3. The maximum atomic E-state index is 13.1. The van der Waals surface area contributed by atoms with Crippen LogP contribution in [0.3, 0.4) is 0 Å². The van der Waals surface area contributed by atoms with E-state index in [-0.39, 0.29) is 29.9 Å². The highest BCUT2D eigenvalue weighted by atomic mass is 32.2. The van der Waals surface area contributed by atoms with Crippen LogP contribution in [0, 0.1) is 0 Å². The van der Waals surface area contributed by atoms with Crippen LogP contribution in [0.2, 0.25) is 0 Å². The lowest BCUT2D eigenvalue weighted by Gasteiger charge is -2.23. The first-order valence-corrected chi connectivity index (χ1v) is 12.1. The first-order chi connectivity index (χ1) is 16.2. The fraction of sp³-hybridized carbons (Fsp3) is 0.200. The molecule has 1 N–H and O–H groups in total. The number of nitrogens with one attached hydrogen (secondary N) is 1. The topological polar surface area (TPSA) is 96.0 Å². The van der Waals surface area contributed by atoms with E-state index in [1.165, 1.54) is 33.5 Å². The Labute approximate surface area is 199 Å². The summed E-state index contributed by atoms with van der Waals surface area (Å²) in [4.78, 5) is 25.7. The fourth-order valence-corrected chi connectivity index (χ4v) is 4.58. The quantitative estimate of drug-likeness (QED) is 0.504. The van der Waals surface area contributed by atoms with E-state index in [1.54, 1.807) is 69.6 Å². The largest absolute Gasteiger partial charge is 0.484 e. The zero-order chi connectivity index (χ0) is 24.7. The Morgan fingerprint density at radius 3 is 2.06 bits per heavy atom. The normalized spacial score (nSPS) is 10.9. The van der Waals surface area contributed by atoms with Gasteiger partial charge >= 0.3 is 0 Å². The maximum Gasteiger partial charge on any atom is 0.264 e. The van der Waals surface area contributed by atoms with E-state index in [1.807, 2.05) is 6.07 Å².